The third-order valence-electron chi connectivity index (χ3n) is 3.93. The first-order valence-electron chi connectivity index (χ1n) is 7.14. The first-order valence-corrected chi connectivity index (χ1v) is 7.14. The Kier molecular flexibility index (Phi) is 4.19. The molecule has 0 aliphatic heterocycles. The van der Waals surface area contributed by atoms with Gasteiger partial charge in [-0.25, -0.2) is 5.43 Å². The fourth-order valence-corrected chi connectivity index (χ4v) is 2.56. The van der Waals surface area contributed by atoms with Crippen LogP contribution in [-0.2, 0) is 0 Å². The van der Waals surface area contributed by atoms with E-state index in [1.165, 1.54) is 0 Å². The fraction of sp³-hybridized carbons (Fsp3) is 0.333. The maximum atomic E-state index is 12.1. The van der Waals surface area contributed by atoms with Crippen LogP contribution in [-0.4, -0.2) is 28.4 Å². The Morgan fingerprint density at radius 1 is 1.36 bits per heavy atom. The second kappa shape index (κ2) is 6.27. The molecule has 1 fully saturated rings. The number of carbonyl (C=O) groups is 1. The summed E-state index contributed by atoms with van der Waals surface area (Å²) >= 11 is 0. The van der Waals surface area contributed by atoms with Gasteiger partial charge in [0.1, 0.15) is 11.9 Å². The van der Waals surface area contributed by atoms with Crippen molar-refractivity contribution in [1.82, 2.24) is 15.9 Å². The van der Waals surface area contributed by atoms with Crippen molar-refractivity contribution in [2.75, 3.05) is 0 Å². The van der Waals surface area contributed by atoms with Gasteiger partial charge >= 0.3 is 0 Å². The highest BCUT2D eigenvalue weighted by molar-refractivity contribution is 5.92. The number of hydrazine groups is 1. The summed E-state index contributed by atoms with van der Waals surface area (Å²) in [4.78, 5) is 12.1. The Hall–Kier alpha value is -2.22. The minimum absolute atomic E-state index is 0.0192. The van der Waals surface area contributed by atoms with Crippen molar-refractivity contribution in [2.45, 2.75) is 25.1 Å². The third kappa shape index (κ3) is 3.01. The van der Waals surface area contributed by atoms with Crippen molar-refractivity contribution in [2.24, 2.45) is 11.8 Å². The van der Waals surface area contributed by atoms with Crippen LogP contribution in [0.4, 0.5) is 0 Å². The maximum Gasteiger partial charge on any atom is 0.290 e. The Bertz CT molecular complexity index is 637. The monoisotopic (exact) mass is 302 g/mol. The molecule has 1 atom stereocenters. The number of rotatable bonds is 5. The molecule has 7 nitrogen and oxygen atoms in total. The summed E-state index contributed by atoms with van der Waals surface area (Å²) in [5, 5.41) is 16.3. The van der Waals surface area contributed by atoms with Crippen molar-refractivity contribution in [3.05, 3.63) is 42.2 Å². The van der Waals surface area contributed by atoms with Crippen molar-refractivity contribution < 1.29 is 14.4 Å². The number of nitrogens with one attached hydrogen (secondary N) is 2. The molecule has 1 saturated carbocycles. The lowest BCUT2D eigenvalue weighted by Gasteiger charge is -2.37. The molecule has 116 valence electrons. The summed E-state index contributed by atoms with van der Waals surface area (Å²) < 4.78 is 5.10. The van der Waals surface area contributed by atoms with Crippen LogP contribution in [0.15, 0.2) is 40.9 Å². The van der Waals surface area contributed by atoms with Gasteiger partial charge in [0.05, 0.1) is 0 Å². The number of hydrogen-bond donors (Lipinski definition) is 4. The van der Waals surface area contributed by atoms with Crippen molar-refractivity contribution >= 4 is 5.91 Å². The number of amides is 1. The van der Waals surface area contributed by atoms with Gasteiger partial charge in [0, 0.05) is 23.6 Å². The molecule has 1 aromatic carbocycles. The average molecular weight is 302 g/mol. The van der Waals surface area contributed by atoms with Crippen LogP contribution in [0, 0.1) is 5.92 Å². The molecule has 22 heavy (non-hydrogen) atoms. The molecule has 0 radical (unpaired) electrons. The zero-order chi connectivity index (χ0) is 15.5. The van der Waals surface area contributed by atoms with Crippen molar-refractivity contribution in [3.63, 3.8) is 0 Å². The standard InChI is InChI=1S/C15H18N4O3/c16-18-14(20)10-6-11(7-10)17-15(21)13-8-12(19-22-13)9-4-2-1-3-5-9/h1-5,8,10-11,14,18,20H,6-7,16H2,(H,17,21)/t10-,11-,14?. The molecule has 0 saturated heterocycles. The molecule has 1 unspecified atom stereocenters. The Morgan fingerprint density at radius 2 is 2.09 bits per heavy atom. The molecule has 1 aromatic heterocycles. The zero-order valence-electron chi connectivity index (χ0n) is 11.9. The second-order valence-corrected chi connectivity index (χ2v) is 5.46. The van der Waals surface area contributed by atoms with Crippen LogP contribution < -0.4 is 16.6 Å². The first kappa shape index (κ1) is 14.7. The van der Waals surface area contributed by atoms with Gasteiger partial charge in [0.2, 0.25) is 5.76 Å². The van der Waals surface area contributed by atoms with Crippen molar-refractivity contribution in [1.29, 1.82) is 0 Å². The number of aliphatic hydroxyl groups is 1. The van der Waals surface area contributed by atoms with Crippen molar-refractivity contribution in [3.8, 4) is 11.3 Å². The molecule has 5 N–H and O–H groups in total. The predicted octanol–water partition coefficient (Wildman–Crippen LogP) is 0.632. The number of nitrogens with zero attached hydrogens (tertiary/aromatic N) is 1. The molecule has 7 heteroatoms. The van der Waals surface area contributed by atoms with Gasteiger partial charge in [-0.1, -0.05) is 35.5 Å². The second-order valence-electron chi connectivity index (χ2n) is 5.46. The smallest absolute Gasteiger partial charge is 0.290 e. The van der Waals surface area contributed by atoms with E-state index in [1.807, 2.05) is 30.3 Å². The third-order valence-corrected chi connectivity index (χ3v) is 3.93. The summed E-state index contributed by atoms with van der Waals surface area (Å²) in [5.74, 6) is 5.11. The lowest BCUT2D eigenvalue weighted by molar-refractivity contribution is 0.0173. The Balaban J connectivity index is 1.57. The van der Waals surface area contributed by atoms with Crippen LogP contribution in [0.3, 0.4) is 0 Å². The normalized spacial score (nSPS) is 21.9. The van der Waals surface area contributed by atoms with Gasteiger partial charge in [0.15, 0.2) is 0 Å². The maximum absolute atomic E-state index is 12.1. The van der Waals surface area contributed by atoms with Gasteiger partial charge in [-0.05, 0) is 12.8 Å². The number of benzene rings is 1. The van der Waals surface area contributed by atoms with Crippen LogP contribution in [0.25, 0.3) is 11.3 Å². The highest BCUT2D eigenvalue weighted by Gasteiger charge is 2.35. The summed E-state index contributed by atoms with van der Waals surface area (Å²) in [6.45, 7) is 0. The zero-order valence-corrected chi connectivity index (χ0v) is 11.9. The number of carbonyl (C=O) groups excluding carboxylic acids is 1. The lowest BCUT2D eigenvalue weighted by Crippen LogP contribution is -2.52. The number of nitrogens with two attached hydrogens (primary N) is 1. The first-order chi connectivity index (χ1) is 10.7. The number of aromatic nitrogens is 1. The molecule has 2 aromatic rings. The lowest BCUT2D eigenvalue weighted by atomic mass is 9.79. The Labute approximate surface area is 127 Å². The van der Waals surface area contributed by atoms with E-state index in [9.17, 15) is 9.90 Å². The summed E-state index contributed by atoms with van der Waals surface area (Å²) in [6.07, 6.45) is 0.622. The summed E-state index contributed by atoms with van der Waals surface area (Å²) in [5.41, 5.74) is 3.83. The fourth-order valence-electron chi connectivity index (χ4n) is 2.56. The van der Waals surface area contributed by atoms with Gasteiger partial charge < -0.3 is 14.9 Å². The molecular formula is C15H18N4O3. The van der Waals surface area contributed by atoms with Gasteiger partial charge in [0.25, 0.3) is 5.91 Å². The SMILES string of the molecule is NNC(O)[C@H]1C[C@H](NC(=O)c2cc(-c3ccccc3)no2)C1. The molecule has 0 spiro atoms. The van der Waals surface area contributed by atoms with E-state index >= 15 is 0 Å². The average Bonchev–Trinajstić information content (AvgIpc) is 3.00. The minimum atomic E-state index is -0.733. The molecule has 0 bridgehead atoms. The minimum Gasteiger partial charge on any atom is -0.377 e. The van der Waals surface area contributed by atoms with E-state index < -0.39 is 6.23 Å². The van der Waals surface area contributed by atoms with Gasteiger partial charge in [-0.15, -0.1) is 0 Å². The Morgan fingerprint density at radius 3 is 2.77 bits per heavy atom. The molecule has 1 amide bonds. The number of aliphatic hydroxyl groups excluding tert-OH is 1. The molecular weight excluding hydrogens is 284 g/mol. The molecule has 3 rings (SSSR count). The number of hydrogen-bond acceptors (Lipinski definition) is 6. The largest absolute Gasteiger partial charge is 0.377 e. The highest BCUT2D eigenvalue weighted by atomic mass is 16.5. The molecule has 1 heterocycles. The van der Waals surface area contributed by atoms with E-state index in [2.05, 4.69) is 15.9 Å². The quantitative estimate of drug-likeness (QED) is 0.366. The molecule has 1 aliphatic carbocycles. The van der Waals surface area contributed by atoms with Crippen LogP contribution >= 0.6 is 0 Å². The summed E-state index contributed by atoms with van der Waals surface area (Å²) in [6, 6.07) is 11.1. The summed E-state index contributed by atoms with van der Waals surface area (Å²) in [7, 11) is 0. The van der Waals surface area contributed by atoms with E-state index in [-0.39, 0.29) is 23.6 Å². The molecule has 1 aliphatic rings. The van der Waals surface area contributed by atoms with Crippen LogP contribution in [0.5, 0.6) is 0 Å². The van der Waals surface area contributed by atoms with Crippen LogP contribution in [0.1, 0.15) is 23.4 Å². The van der Waals surface area contributed by atoms with Gasteiger partial charge in [-0.2, -0.15) is 0 Å². The van der Waals surface area contributed by atoms with E-state index in [1.54, 1.807) is 6.07 Å². The highest BCUT2D eigenvalue weighted by Crippen LogP contribution is 2.29. The predicted molar refractivity (Wildman–Crippen MR) is 79.2 cm³/mol. The van der Waals surface area contributed by atoms with E-state index in [0.717, 1.165) is 5.56 Å². The van der Waals surface area contributed by atoms with E-state index in [4.69, 9.17) is 10.4 Å². The topological polar surface area (TPSA) is 113 Å². The van der Waals surface area contributed by atoms with Crippen LogP contribution in [0.2, 0.25) is 0 Å². The van der Waals surface area contributed by atoms with Gasteiger partial charge in [-0.3, -0.25) is 10.6 Å². The van der Waals surface area contributed by atoms with E-state index in [0.29, 0.717) is 18.5 Å².